The molecule has 0 radical (unpaired) electrons. The molecule has 1 amide bonds. The van der Waals surface area contributed by atoms with Gasteiger partial charge >= 0.3 is 0 Å². The van der Waals surface area contributed by atoms with Gasteiger partial charge in [-0.1, -0.05) is 44.2 Å². The van der Waals surface area contributed by atoms with Crippen LogP contribution in [0.15, 0.2) is 54.6 Å². The van der Waals surface area contributed by atoms with Crippen LogP contribution in [0.4, 0.5) is 0 Å². The number of likely N-dealkylation sites (tertiary alicyclic amines) is 1. The average Bonchev–Trinajstić information content (AvgIpc) is 2.77. The molecule has 1 aliphatic heterocycles. The van der Waals surface area contributed by atoms with E-state index in [9.17, 15) is 15.0 Å². The monoisotopic (exact) mass is 436 g/mol. The summed E-state index contributed by atoms with van der Waals surface area (Å²) in [4.78, 5) is 17.8. The maximum atomic E-state index is 13.6. The Balaban J connectivity index is 1.73. The molecule has 0 spiro atoms. The number of nitrogens with zero attached hydrogens (tertiary/aromatic N) is 2. The number of fused-ring (bicyclic) bond motifs is 1. The minimum atomic E-state index is -0.885. The Morgan fingerprint density at radius 1 is 1.16 bits per heavy atom. The summed E-state index contributed by atoms with van der Waals surface area (Å²) >= 11 is 0. The van der Waals surface area contributed by atoms with Crippen molar-refractivity contribution in [1.29, 1.82) is 0 Å². The predicted octanol–water partition coefficient (Wildman–Crippen LogP) is 4.05. The van der Waals surface area contributed by atoms with Crippen molar-refractivity contribution < 1.29 is 15.0 Å². The zero-order valence-electron chi connectivity index (χ0n) is 19.5. The van der Waals surface area contributed by atoms with Gasteiger partial charge < -0.3 is 20.0 Å². The second kappa shape index (κ2) is 8.87. The molecule has 3 unspecified atom stereocenters. The Labute approximate surface area is 191 Å². The summed E-state index contributed by atoms with van der Waals surface area (Å²) in [7, 11) is 2.06. The molecule has 2 fully saturated rings. The van der Waals surface area contributed by atoms with Crippen molar-refractivity contribution in [2.75, 3.05) is 26.7 Å². The number of β-amino-alcohol motifs (C(OH)–C–C–N with tert-alkyl or cyclic N) is 1. The summed E-state index contributed by atoms with van der Waals surface area (Å²) in [6.07, 6.45) is 2.91. The number of aromatic hydroxyl groups is 1. The van der Waals surface area contributed by atoms with Crippen LogP contribution in [0.1, 0.15) is 55.5 Å². The smallest absolute Gasteiger partial charge is 0.254 e. The number of aliphatic hydroxyl groups is 1. The van der Waals surface area contributed by atoms with Crippen LogP contribution in [0.5, 0.6) is 5.75 Å². The molecule has 1 heterocycles. The van der Waals surface area contributed by atoms with Gasteiger partial charge in [0, 0.05) is 30.1 Å². The number of phenols is 1. The number of amides is 1. The fraction of sp³-hybridized carbons (Fsp3) is 0.519. The maximum absolute atomic E-state index is 13.6. The highest BCUT2D eigenvalue weighted by Gasteiger charge is 2.58. The lowest BCUT2D eigenvalue weighted by Gasteiger charge is -2.59. The minimum absolute atomic E-state index is 0.0381. The van der Waals surface area contributed by atoms with Crippen LogP contribution < -0.4 is 0 Å². The van der Waals surface area contributed by atoms with Gasteiger partial charge in [-0.05, 0) is 75.0 Å². The van der Waals surface area contributed by atoms with Gasteiger partial charge in [-0.25, -0.2) is 0 Å². The molecule has 2 N–H and O–H groups in total. The number of carbonyl (C=O) groups excluding carboxylic acids is 1. The molecule has 0 bridgehead atoms. The van der Waals surface area contributed by atoms with E-state index in [1.807, 2.05) is 53.4 Å². The van der Waals surface area contributed by atoms with Crippen molar-refractivity contribution >= 4 is 5.91 Å². The van der Waals surface area contributed by atoms with E-state index in [4.69, 9.17) is 0 Å². The number of rotatable bonds is 5. The first-order valence-electron chi connectivity index (χ1n) is 11.8. The highest BCUT2D eigenvalue weighted by Crippen LogP contribution is 2.52. The van der Waals surface area contributed by atoms with E-state index < -0.39 is 11.0 Å². The van der Waals surface area contributed by atoms with Crippen molar-refractivity contribution in [3.63, 3.8) is 0 Å². The molecule has 0 aromatic heterocycles. The SMILES string of the molecule is CC(C)CN(C(=O)c1ccccc1)C1CCC2(O)CN(C)CCC2(c2cccc(O)c2)C1. The second-order valence-corrected chi connectivity index (χ2v) is 10.3. The summed E-state index contributed by atoms with van der Waals surface area (Å²) < 4.78 is 0. The maximum Gasteiger partial charge on any atom is 0.254 e. The third kappa shape index (κ3) is 4.16. The predicted molar refractivity (Wildman–Crippen MR) is 127 cm³/mol. The molecule has 1 aliphatic carbocycles. The van der Waals surface area contributed by atoms with Gasteiger partial charge in [0.2, 0.25) is 0 Å². The molecule has 4 rings (SSSR count). The molecule has 2 aromatic carbocycles. The second-order valence-electron chi connectivity index (χ2n) is 10.3. The first-order chi connectivity index (χ1) is 15.2. The van der Waals surface area contributed by atoms with E-state index in [0.717, 1.165) is 24.9 Å². The van der Waals surface area contributed by atoms with Gasteiger partial charge in [0.05, 0.1) is 5.60 Å². The molecular weight excluding hydrogens is 400 g/mol. The van der Waals surface area contributed by atoms with Crippen LogP contribution >= 0.6 is 0 Å². The fourth-order valence-electron chi connectivity index (χ4n) is 5.95. The molecular formula is C27H36N2O3. The van der Waals surface area contributed by atoms with Crippen LogP contribution in [0, 0.1) is 5.92 Å². The van der Waals surface area contributed by atoms with Gasteiger partial charge in [-0.2, -0.15) is 0 Å². The largest absolute Gasteiger partial charge is 0.508 e. The summed E-state index contributed by atoms with van der Waals surface area (Å²) in [5, 5.41) is 22.2. The molecule has 3 atom stereocenters. The lowest BCUT2D eigenvalue weighted by atomic mass is 9.55. The number of hydrogen-bond donors (Lipinski definition) is 2. The van der Waals surface area contributed by atoms with Crippen molar-refractivity contribution in [2.24, 2.45) is 5.92 Å². The van der Waals surface area contributed by atoms with E-state index in [2.05, 4.69) is 25.8 Å². The average molecular weight is 437 g/mol. The van der Waals surface area contributed by atoms with E-state index in [1.54, 1.807) is 6.07 Å². The van der Waals surface area contributed by atoms with Crippen LogP contribution in [0.25, 0.3) is 0 Å². The number of hydrogen-bond acceptors (Lipinski definition) is 4. The Hall–Kier alpha value is -2.37. The quantitative estimate of drug-likeness (QED) is 0.742. The highest BCUT2D eigenvalue weighted by atomic mass is 16.3. The Kier molecular flexibility index (Phi) is 6.33. The standard InChI is InChI=1S/C27H36N2O3/c1-20(2)18-29(25(31)21-8-5-4-6-9-21)23-12-13-27(32)19-28(3)15-14-26(27,17-23)22-10-7-11-24(30)16-22/h4-11,16,20,23,30,32H,12-15,17-19H2,1-3H3. The topological polar surface area (TPSA) is 64.0 Å². The lowest BCUT2D eigenvalue weighted by Crippen LogP contribution is -2.67. The molecule has 2 aliphatic rings. The number of carbonyl (C=O) groups is 1. The van der Waals surface area contributed by atoms with Gasteiger partial charge in [-0.15, -0.1) is 0 Å². The van der Waals surface area contributed by atoms with Crippen molar-refractivity contribution in [3.05, 3.63) is 65.7 Å². The lowest BCUT2D eigenvalue weighted by molar-refractivity contribution is -0.129. The molecule has 172 valence electrons. The normalized spacial score (nSPS) is 28.3. The van der Waals surface area contributed by atoms with Crippen LogP contribution in [-0.4, -0.2) is 64.2 Å². The van der Waals surface area contributed by atoms with E-state index in [1.165, 1.54) is 0 Å². The van der Waals surface area contributed by atoms with Crippen LogP contribution in [0.3, 0.4) is 0 Å². The number of phenolic OH excluding ortho intramolecular Hbond substituents is 1. The summed E-state index contributed by atoms with van der Waals surface area (Å²) in [6.45, 7) is 6.45. The van der Waals surface area contributed by atoms with Crippen molar-refractivity contribution in [3.8, 4) is 5.75 Å². The van der Waals surface area contributed by atoms with E-state index >= 15 is 0 Å². The number of likely N-dealkylation sites (N-methyl/N-ethyl adjacent to an activating group) is 1. The molecule has 2 aromatic rings. The summed E-state index contributed by atoms with van der Waals surface area (Å²) in [6, 6.07) is 16.9. The van der Waals surface area contributed by atoms with Crippen LogP contribution in [0.2, 0.25) is 0 Å². The van der Waals surface area contributed by atoms with Gasteiger partial charge in [0.1, 0.15) is 5.75 Å². The van der Waals surface area contributed by atoms with E-state index in [0.29, 0.717) is 37.4 Å². The minimum Gasteiger partial charge on any atom is -0.508 e. The molecule has 5 nitrogen and oxygen atoms in total. The zero-order chi connectivity index (χ0) is 22.9. The van der Waals surface area contributed by atoms with Crippen molar-refractivity contribution in [1.82, 2.24) is 9.80 Å². The third-order valence-corrected chi connectivity index (χ3v) is 7.50. The van der Waals surface area contributed by atoms with Gasteiger partial charge in [0.25, 0.3) is 5.91 Å². The fourth-order valence-corrected chi connectivity index (χ4v) is 5.95. The first-order valence-corrected chi connectivity index (χ1v) is 11.8. The Morgan fingerprint density at radius 2 is 1.91 bits per heavy atom. The summed E-state index contributed by atoms with van der Waals surface area (Å²) in [5.74, 6) is 0.631. The van der Waals surface area contributed by atoms with Crippen LogP contribution in [-0.2, 0) is 5.41 Å². The first kappa shape index (κ1) is 22.8. The highest BCUT2D eigenvalue weighted by molar-refractivity contribution is 5.94. The van der Waals surface area contributed by atoms with Gasteiger partial charge in [-0.3, -0.25) is 4.79 Å². The third-order valence-electron chi connectivity index (χ3n) is 7.50. The Bertz CT molecular complexity index is 947. The molecule has 32 heavy (non-hydrogen) atoms. The molecule has 1 saturated carbocycles. The summed E-state index contributed by atoms with van der Waals surface area (Å²) in [5.41, 5.74) is 0.315. The molecule has 5 heteroatoms. The number of benzene rings is 2. The Morgan fingerprint density at radius 3 is 2.59 bits per heavy atom. The van der Waals surface area contributed by atoms with Gasteiger partial charge in [0.15, 0.2) is 0 Å². The van der Waals surface area contributed by atoms with Crippen molar-refractivity contribution in [2.45, 2.75) is 56.6 Å². The molecule has 1 saturated heterocycles. The zero-order valence-corrected chi connectivity index (χ0v) is 19.5. The van der Waals surface area contributed by atoms with E-state index in [-0.39, 0.29) is 17.7 Å². The number of piperidine rings is 1.